The van der Waals surface area contributed by atoms with Gasteiger partial charge in [-0.25, -0.2) is 0 Å². The van der Waals surface area contributed by atoms with Crippen LogP contribution < -0.4 is 10.6 Å². The van der Waals surface area contributed by atoms with Gasteiger partial charge in [0, 0.05) is 20.2 Å². The van der Waals surface area contributed by atoms with Crippen molar-refractivity contribution >= 4 is 21.5 Å². The summed E-state index contributed by atoms with van der Waals surface area (Å²) < 4.78 is 34.6. The predicted molar refractivity (Wildman–Crippen MR) is 106 cm³/mol. The van der Waals surface area contributed by atoms with Gasteiger partial charge in [0.15, 0.2) is 0 Å². The number of hydrogen-bond acceptors (Lipinski definition) is 5. The third-order valence-electron chi connectivity index (χ3n) is 3.91. The van der Waals surface area contributed by atoms with E-state index < -0.39 is 10.1 Å². The number of nitrogens with two attached hydrogens (primary N) is 1. The van der Waals surface area contributed by atoms with Gasteiger partial charge in [0.25, 0.3) is 10.1 Å². The minimum Gasteiger partial charge on any atom is -0.397 e. The van der Waals surface area contributed by atoms with Crippen molar-refractivity contribution in [3.63, 3.8) is 0 Å². The van der Waals surface area contributed by atoms with Crippen molar-refractivity contribution in [1.82, 2.24) is 0 Å². The van der Waals surface area contributed by atoms with E-state index in [2.05, 4.69) is 17.9 Å². The average molecular weight is 381 g/mol. The Hall–Kier alpha value is -2.09. The molecule has 0 saturated heterocycles. The number of likely N-dealkylation sites (N-methyl/N-ethyl adjacent to an activating group) is 1. The molecule has 26 heavy (non-hydrogen) atoms. The van der Waals surface area contributed by atoms with Crippen molar-refractivity contribution in [1.29, 1.82) is 0 Å². The van der Waals surface area contributed by atoms with Crippen LogP contribution in [0.3, 0.4) is 0 Å². The van der Waals surface area contributed by atoms with E-state index in [9.17, 15) is 8.42 Å². The van der Waals surface area contributed by atoms with E-state index in [4.69, 9.17) is 15.0 Å². The minimum atomic E-state index is -4.02. The second-order valence-electron chi connectivity index (χ2n) is 5.87. The van der Waals surface area contributed by atoms with Gasteiger partial charge < -0.3 is 15.4 Å². The maximum absolute atomic E-state index is 10.5. The molecule has 0 atom stereocenters. The molecule has 7 heteroatoms. The summed E-state index contributed by atoms with van der Waals surface area (Å²) >= 11 is 0. The van der Waals surface area contributed by atoms with Crippen LogP contribution in [0.2, 0.25) is 0 Å². The second kappa shape index (κ2) is 10.2. The van der Waals surface area contributed by atoms with Crippen molar-refractivity contribution in [2.24, 2.45) is 0 Å². The fraction of sp³-hybridized carbons (Fsp3) is 0.368. The molecule has 0 radical (unpaired) electrons. The molecule has 0 aliphatic carbocycles. The van der Waals surface area contributed by atoms with Crippen molar-refractivity contribution in [3.8, 4) is 0 Å². The summed E-state index contributed by atoms with van der Waals surface area (Å²) in [6.45, 7) is 8.53. The Kier molecular flexibility index (Phi) is 8.57. The molecule has 0 bridgehead atoms. The Labute approximate surface area is 156 Å². The van der Waals surface area contributed by atoms with Gasteiger partial charge in [-0.1, -0.05) is 29.8 Å². The molecule has 3 N–H and O–H groups in total. The van der Waals surface area contributed by atoms with E-state index in [1.54, 1.807) is 19.2 Å². The van der Waals surface area contributed by atoms with Gasteiger partial charge in [-0.3, -0.25) is 4.55 Å². The summed E-state index contributed by atoms with van der Waals surface area (Å²) in [4.78, 5) is 2.16. The average Bonchev–Trinajstić information content (AvgIpc) is 2.59. The standard InChI is InChI=1S/C12H20N2O.C7H8O3S/c1-4-14(8-9-15-3)11-7-5-6-10(2)12(11)13;1-6-2-4-7(5-3-6)11(8,9)10/h5-7H,4,8-9,13H2,1-3H3;2-5H,1H3,(H,8,9,10). The lowest BCUT2D eigenvalue weighted by Gasteiger charge is -2.24. The zero-order valence-corrected chi connectivity index (χ0v) is 16.6. The molecule has 0 aliphatic rings. The van der Waals surface area contributed by atoms with Crippen molar-refractivity contribution in [2.75, 3.05) is 37.4 Å². The number of nitrogens with zero attached hydrogens (tertiary/aromatic N) is 1. The van der Waals surface area contributed by atoms with E-state index in [0.29, 0.717) is 0 Å². The largest absolute Gasteiger partial charge is 0.397 e. The molecule has 2 aromatic carbocycles. The molecule has 0 aromatic heterocycles. The molecular formula is C19H28N2O4S. The highest BCUT2D eigenvalue weighted by atomic mass is 32.2. The van der Waals surface area contributed by atoms with Gasteiger partial charge >= 0.3 is 0 Å². The summed E-state index contributed by atoms with van der Waals surface area (Å²) in [5, 5.41) is 0. The number of nitrogen functional groups attached to an aromatic ring is 1. The second-order valence-corrected chi connectivity index (χ2v) is 7.29. The zero-order valence-electron chi connectivity index (χ0n) is 15.8. The van der Waals surface area contributed by atoms with E-state index in [1.165, 1.54) is 12.1 Å². The number of ether oxygens (including phenoxy) is 1. The summed E-state index contributed by atoms with van der Waals surface area (Å²) in [6, 6.07) is 12.1. The minimum absolute atomic E-state index is 0.0666. The third kappa shape index (κ3) is 6.67. The molecule has 0 fully saturated rings. The maximum atomic E-state index is 10.5. The summed E-state index contributed by atoms with van der Waals surface area (Å²) in [5.74, 6) is 0. The monoisotopic (exact) mass is 380 g/mol. The van der Waals surface area contributed by atoms with E-state index in [1.807, 2.05) is 26.0 Å². The Morgan fingerprint density at radius 3 is 2.23 bits per heavy atom. The number of hydrogen-bond donors (Lipinski definition) is 2. The normalized spacial score (nSPS) is 10.8. The van der Waals surface area contributed by atoms with Gasteiger partial charge in [0.05, 0.1) is 22.9 Å². The van der Waals surface area contributed by atoms with E-state index in [0.717, 1.165) is 42.2 Å². The SMILES string of the molecule is CCN(CCOC)c1cccc(C)c1N.Cc1ccc(S(=O)(=O)O)cc1. The van der Waals surface area contributed by atoms with Gasteiger partial charge in [0.1, 0.15) is 0 Å². The highest BCUT2D eigenvalue weighted by molar-refractivity contribution is 7.85. The first-order chi connectivity index (χ1) is 12.2. The van der Waals surface area contributed by atoms with Gasteiger partial charge in [-0.2, -0.15) is 8.42 Å². The number of benzene rings is 2. The van der Waals surface area contributed by atoms with Crippen LogP contribution in [0.25, 0.3) is 0 Å². The zero-order chi connectivity index (χ0) is 19.7. The van der Waals surface area contributed by atoms with Crippen molar-refractivity contribution in [2.45, 2.75) is 25.7 Å². The topological polar surface area (TPSA) is 92.9 Å². The molecule has 0 unspecified atom stereocenters. The molecule has 0 aliphatic heterocycles. The fourth-order valence-electron chi connectivity index (χ4n) is 2.30. The lowest BCUT2D eigenvalue weighted by Crippen LogP contribution is -2.27. The Morgan fingerprint density at radius 2 is 1.73 bits per heavy atom. The quantitative estimate of drug-likeness (QED) is 0.590. The van der Waals surface area contributed by atoms with Crippen LogP contribution in [0.5, 0.6) is 0 Å². The van der Waals surface area contributed by atoms with Crippen LogP contribution in [0, 0.1) is 13.8 Å². The summed E-state index contributed by atoms with van der Waals surface area (Å²) in [6.07, 6.45) is 0. The number of para-hydroxylation sites is 1. The van der Waals surface area contributed by atoms with Crippen LogP contribution in [-0.4, -0.2) is 39.8 Å². The Balaban J connectivity index is 0.000000273. The molecule has 144 valence electrons. The Morgan fingerprint density at radius 1 is 1.12 bits per heavy atom. The van der Waals surface area contributed by atoms with Crippen molar-refractivity contribution in [3.05, 3.63) is 53.6 Å². The Bertz CT molecular complexity index is 790. The maximum Gasteiger partial charge on any atom is 0.294 e. The fourth-order valence-corrected chi connectivity index (χ4v) is 2.78. The number of aryl methyl sites for hydroxylation is 2. The predicted octanol–water partition coefficient (Wildman–Crippen LogP) is 3.29. The first kappa shape index (κ1) is 22.0. The molecule has 2 rings (SSSR count). The molecule has 0 heterocycles. The summed E-state index contributed by atoms with van der Waals surface area (Å²) in [7, 11) is -2.30. The highest BCUT2D eigenvalue weighted by Crippen LogP contribution is 2.25. The number of rotatable bonds is 6. The molecule has 6 nitrogen and oxygen atoms in total. The lowest BCUT2D eigenvalue weighted by molar-refractivity contribution is 0.205. The summed E-state index contributed by atoms with van der Waals surface area (Å²) in [5.41, 5.74) is 10.1. The third-order valence-corrected chi connectivity index (χ3v) is 4.78. The number of anilines is 2. The van der Waals surface area contributed by atoms with E-state index >= 15 is 0 Å². The van der Waals surface area contributed by atoms with E-state index in [-0.39, 0.29) is 4.90 Å². The highest BCUT2D eigenvalue weighted by Gasteiger charge is 2.08. The molecule has 0 amide bonds. The van der Waals surface area contributed by atoms with Gasteiger partial charge in [0.2, 0.25) is 0 Å². The van der Waals surface area contributed by atoms with Crippen LogP contribution in [0.4, 0.5) is 11.4 Å². The molecular weight excluding hydrogens is 352 g/mol. The smallest absolute Gasteiger partial charge is 0.294 e. The van der Waals surface area contributed by atoms with Crippen molar-refractivity contribution < 1.29 is 17.7 Å². The van der Waals surface area contributed by atoms with Gasteiger partial charge in [-0.15, -0.1) is 0 Å². The molecule has 2 aromatic rings. The lowest BCUT2D eigenvalue weighted by atomic mass is 10.1. The number of methoxy groups -OCH3 is 1. The van der Waals surface area contributed by atoms with Crippen LogP contribution in [0.15, 0.2) is 47.4 Å². The first-order valence-electron chi connectivity index (χ1n) is 8.33. The van der Waals surface area contributed by atoms with Crippen LogP contribution >= 0.6 is 0 Å². The van der Waals surface area contributed by atoms with Crippen LogP contribution in [-0.2, 0) is 14.9 Å². The first-order valence-corrected chi connectivity index (χ1v) is 9.77. The van der Waals surface area contributed by atoms with Crippen LogP contribution in [0.1, 0.15) is 18.1 Å². The molecule has 0 spiro atoms. The molecule has 0 saturated carbocycles. The van der Waals surface area contributed by atoms with Gasteiger partial charge in [-0.05, 0) is 44.5 Å².